The van der Waals surface area contributed by atoms with Gasteiger partial charge in [0.25, 0.3) is 0 Å². The molecule has 0 unspecified atom stereocenters. The third-order valence-electron chi connectivity index (χ3n) is 10.9. The Balaban J connectivity index is 1.28. The van der Waals surface area contributed by atoms with E-state index in [4.69, 9.17) is 4.42 Å². The van der Waals surface area contributed by atoms with Crippen LogP contribution in [-0.4, -0.2) is 0 Å². The molecule has 0 saturated carbocycles. The average molecular weight is 624 g/mol. The Hall–Kier alpha value is -6.38. The molecule has 228 valence electrons. The van der Waals surface area contributed by atoms with Gasteiger partial charge in [-0.15, -0.1) is 0 Å². The first-order chi connectivity index (χ1) is 24.3. The predicted molar refractivity (Wildman–Crippen MR) is 202 cm³/mol. The van der Waals surface area contributed by atoms with Crippen LogP contribution < -0.4 is 4.90 Å². The third kappa shape index (κ3) is 3.40. The van der Waals surface area contributed by atoms with Crippen LogP contribution in [0.2, 0.25) is 0 Å². The second-order valence-corrected chi connectivity index (χ2v) is 13.2. The summed E-state index contributed by atoms with van der Waals surface area (Å²) in [6, 6.07) is 64.1. The summed E-state index contributed by atoms with van der Waals surface area (Å²) in [6.45, 7) is 0. The van der Waals surface area contributed by atoms with Gasteiger partial charge in [0, 0.05) is 27.4 Å². The number of nitrogens with zero attached hydrogens (tertiary/aromatic N) is 1. The Labute approximate surface area is 284 Å². The number of benzene rings is 8. The van der Waals surface area contributed by atoms with Gasteiger partial charge in [0.1, 0.15) is 5.58 Å². The third-order valence-corrected chi connectivity index (χ3v) is 10.9. The van der Waals surface area contributed by atoms with Gasteiger partial charge in [0.05, 0.1) is 16.8 Å². The second-order valence-electron chi connectivity index (χ2n) is 13.2. The molecule has 49 heavy (non-hydrogen) atoms. The summed E-state index contributed by atoms with van der Waals surface area (Å²) < 4.78 is 6.99. The van der Waals surface area contributed by atoms with Crippen molar-refractivity contribution >= 4 is 49.8 Å². The number of hydrogen-bond acceptors (Lipinski definition) is 2. The van der Waals surface area contributed by atoms with Crippen LogP contribution in [0.5, 0.6) is 0 Å². The molecule has 0 aliphatic heterocycles. The molecule has 0 radical (unpaired) electrons. The minimum atomic E-state index is -0.485. The highest BCUT2D eigenvalue weighted by atomic mass is 16.3. The minimum Gasteiger partial charge on any atom is -0.453 e. The van der Waals surface area contributed by atoms with E-state index in [0.717, 1.165) is 44.4 Å². The van der Waals surface area contributed by atoms with Crippen molar-refractivity contribution in [2.45, 2.75) is 5.41 Å². The van der Waals surface area contributed by atoms with Crippen LogP contribution in [0.25, 0.3) is 55.0 Å². The van der Waals surface area contributed by atoms with E-state index < -0.39 is 5.41 Å². The molecule has 2 heteroatoms. The summed E-state index contributed by atoms with van der Waals surface area (Å²) in [5.41, 5.74) is 15.0. The molecule has 2 nitrogen and oxygen atoms in total. The zero-order valence-corrected chi connectivity index (χ0v) is 26.6. The number of rotatable bonds is 3. The average Bonchev–Trinajstić information content (AvgIpc) is 3.81. The van der Waals surface area contributed by atoms with Gasteiger partial charge in [-0.25, -0.2) is 0 Å². The zero-order chi connectivity index (χ0) is 32.1. The van der Waals surface area contributed by atoms with E-state index in [-0.39, 0.29) is 0 Å². The smallest absolute Gasteiger partial charge is 0.159 e. The summed E-state index contributed by atoms with van der Waals surface area (Å²) in [4.78, 5) is 2.43. The van der Waals surface area contributed by atoms with Crippen molar-refractivity contribution in [1.82, 2.24) is 0 Å². The molecule has 1 spiro atoms. The van der Waals surface area contributed by atoms with Gasteiger partial charge in [0.15, 0.2) is 5.58 Å². The van der Waals surface area contributed by atoms with Gasteiger partial charge < -0.3 is 9.32 Å². The van der Waals surface area contributed by atoms with Crippen LogP contribution in [0, 0.1) is 0 Å². The minimum absolute atomic E-state index is 0.485. The maximum atomic E-state index is 6.99. The van der Waals surface area contributed by atoms with Gasteiger partial charge in [-0.2, -0.15) is 0 Å². The Bertz CT molecular complexity index is 2730. The monoisotopic (exact) mass is 623 g/mol. The standard InChI is InChI=1S/C47H29NO/c1-2-15-31(16-3-1)48(43-27-13-22-37-38-29-28-30-14-4-5-17-32(30)45(38)49-46(37)43)42-26-12-21-36-35-20-8-11-25-41(35)47(44(36)42)39-23-9-6-18-33(39)34-19-7-10-24-40(34)47/h1-29H. The van der Waals surface area contributed by atoms with Gasteiger partial charge in [0.2, 0.25) is 0 Å². The maximum Gasteiger partial charge on any atom is 0.159 e. The summed E-state index contributed by atoms with van der Waals surface area (Å²) >= 11 is 0. The highest BCUT2D eigenvalue weighted by Crippen LogP contribution is 2.65. The predicted octanol–water partition coefficient (Wildman–Crippen LogP) is 12.6. The van der Waals surface area contributed by atoms with Crippen molar-refractivity contribution in [3.05, 3.63) is 198 Å². The Morgan fingerprint density at radius 2 is 0.898 bits per heavy atom. The van der Waals surface area contributed by atoms with Crippen molar-refractivity contribution in [3.8, 4) is 22.3 Å². The lowest BCUT2D eigenvalue weighted by Crippen LogP contribution is -2.28. The molecule has 8 aromatic carbocycles. The summed E-state index contributed by atoms with van der Waals surface area (Å²) in [5, 5.41) is 4.54. The normalized spacial score (nSPS) is 13.5. The van der Waals surface area contributed by atoms with E-state index >= 15 is 0 Å². The van der Waals surface area contributed by atoms with E-state index in [1.165, 1.54) is 49.9 Å². The fraction of sp³-hybridized carbons (Fsp3) is 0.0213. The highest BCUT2D eigenvalue weighted by Gasteiger charge is 2.53. The van der Waals surface area contributed by atoms with Crippen molar-refractivity contribution in [2.24, 2.45) is 0 Å². The molecule has 9 aromatic rings. The van der Waals surface area contributed by atoms with Crippen LogP contribution in [0.15, 0.2) is 180 Å². The van der Waals surface area contributed by atoms with E-state index in [9.17, 15) is 0 Å². The van der Waals surface area contributed by atoms with Crippen LogP contribution in [0.1, 0.15) is 22.3 Å². The molecule has 0 atom stereocenters. The summed E-state index contributed by atoms with van der Waals surface area (Å²) in [5.74, 6) is 0. The van der Waals surface area contributed by atoms with Crippen LogP contribution in [0.4, 0.5) is 17.1 Å². The molecular formula is C47H29NO. The lowest BCUT2D eigenvalue weighted by molar-refractivity contribution is 0.672. The van der Waals surface area contributed by atoms with E-state index in [2.05, 4.69) is 181 Å². The highest BCUT2D eigenvalue weighted by molar-refractivity contribution is 6.17. The molecule has 1 heterocycles. The SMILES string of the molecule is c1ccc(N(c2cccc3c2C2(c4ccccc4-c4ccccc42)c2ccccc2-3)c2cccc3c2oc2c4ccccc4ccc32)cc1. The fourth-order valence-corrected chi connectivity index (χ4v) is 8.99. The first-order valence-electron chi connectivity index (χ1n) is 16.9. The molecule has 11 rings (SSSR count). The van der Waals surface area contributed by atoms with Crippen LogP contribution in [-0.2, 0) is 5.41 Å². The largest absolute Gasteiger partial charge is 0.453 e. The fourth-order valence-electron chi connectivity index (χ4n) is 8.99. The van der Waals surface area contributed by atoms with Gasteiger partial charge in [-0.3, -0.25) is 0 Å². The molecule has 1 aromatic heterocycles. The zero-order valence-electron chi connectivity index (χ0n) is 26.6. The molecule has 0 amide bonds. The number of hydrogen-bond donors (Lipinski definition) is 0. The van der Waals surface area contributed by atoms with Crippen molar-refractivity contribution in [3.63, 3.8) is 0 Å². The van der Waals surface area contributed by atoms with Crippen molar-refractivity contribution in [2.75, 3.05) is 4.90 Å². The lowest BCUT2D eigenvalue weighted by Gasteiger charge is -2.35. The lowest BCUT2D eigenvalue weighted by atomic mass is 9.70. The summed E-state index contributed by atoms with van der Waals surface area (Å²) in [6.07, 6.45) is 0. The molecular weight excluding hydrogens is 595 g/mol. The molecule has 2 aliphatic rings. The number of anilines is 3. The van der Waals surface area contributed by atoms with Gasteiger partial charge in [-0.1, -0.05) is 146 Å². The summed E-state index contributed by atoms with van der Waals surface area (Å²) in [7, 11) is 0. The number of furan rings is 1. The first-order valence-corrected chi connectivity index (χ1v) is 16.9. The van der Waals surface area contributed by atoms with E-state index in [0.29, 0.717) is 0 Å². The van der Waals surface area contributed by atoms with Crippen LogP contribution in [0.3, 0.4) is 0 Å². The Morgan fingerprint density at radius 1 is 0.367 bits per heavy atom. The molecule has 0 saturated heterocycles. The number of fused-ring (bicyclic) bond motifs is 15. The quantitative estimate of drug-likeness (QED) is 0.195. The maximum absolute atomic E-state index is 6.99. The van der Waals surface area contributed by atoms with Crippen LogP contribution >= 0.6 is 0 Å². The van der Waals surface area contributed by atoms with Crippen molar-refractivity contribution in [1.29, 1.82) is 0 Å². The first kappa shape index (κ1) is 26.7. The van der Waals surface area contributed by atoms with E-state index in [1.807, 2.05) is 0 Å². The molecule has 0 N–H and O–H groups in total. The van der Waals surface area contributed by atoms with Gasteiger partial charge in [-0.05, 0) is 74.7 Å². The Kier molecular flexibility index (Phi) is 5.34. The number of para-hydroxylation sites is 2. The van der Waals surface area contributed by atoms with Crippen molar-refractivity contribution < 1.29 is 4.42 Å². The molecule has 0 bridgehead atoms. The molecule has 0 fully saturated rings. The van der Waals surface area contributed by atoms with E-state index in [1.54, 1.807) is 0 Å². The molecule has 2 aliphatic carbocycles. The second kappa shape index (κ2) is 9.82. The topological polar surface area (TPSA) is 16.4 Å². The Morgan fingerprint density at radius 3 is 1.63 bits per heavy atom. The van der Waals surface area contributed by atoms with Gasteiger partial charge >= 0.3 is 0 Å².